The van der Waals surface area contributed by atoms with Crippen molar-refractivity contribution in [3.63, 3.8) is 0 Å². The van der Waals surface area contributed by atoms with Gasteiger partial charge in [0.25, 0.3) is 0 Å². The van der Waals surface area contributed by atoms with Crippen LogP contribution < -0.4 is 0 Å². The van der Waals surface area contributed by atoms with Crippen LogP contribution in [0.3, 0.4) is 0 Å². The van der Waals surface area contributed by atoms with Gasteiger partial charge in [-0.3, -0.25) is 4.90 Å². The molecule has 2 amide bonds. The Labute approximate surface area is 154 Å². The van der Waals surface area contributed by atoms with E-state index in [0.717, 1.165) is 5.56 Å². The lowest BCUT2D eigenvalue weighted by atomic mass is 10.1. The third-order valence-electron chi connectivity index (χ3n) is 4.07. The number of amides is 2. The third-order valence-corrected chi connectivity index (χ3v) is 4.07. The van der Waals surface area contributed by atoms with Gasteiger partial charge in [-0.25, -0.2) is 9.59 Å². The molecule has 0 saturated carbocycles. The normalized spacial score (nSPS) is 19.0. The molecule has 26 heavy (non-hydrogen) atoms. The van der Waals surface area contributed by atoms with Crippen LogP contribution in [0, 0.1) is 0 Å². The minimum absolute atomic E-state index is 0.186. The molecule has 1 heterocycles. The van der Waals surface area contributed by atoms with Crippen LogP contribution >= 0.6 is 0 Å². The summed E-state index contributed by atoms with van der Waals surface area (Å²) in [6.07, 6.45) is -1.74. The van der Waals surface area contributed by atoms with E-state index in [0.29, 0.717) is 6.54 Å². The predicted molar refractivity (Wildman–Crippen MR) is 96.6 cm³/mol. The van der Waals surface area contributed by atoms with Crippen molar-refractivity contribution in [2.24, 2.45) is 0 Å². The van der Waals surface area contributed by atoms with E-state index in [1.54, 1.807) is 27.7 Å². The summed E-state index contributed by atoms with van der Waals surface area (Å²) in [5.41, 5.74) is 0.284. The van der Waals surface area contributed by atoms with E-state index in [1.165, 1.54) is 9.80 Å². The number of hydrogen-bond acceptors (Lipinski definition) is 5. The molecule has 0 aromatic heterocycles. The first-order chi connectivity index (χ1) is 12.2. The van der Waals surface area contributed by atoms with Crippen LogP contribution in [0.5, 0.6) is 0 Å². The lowest BCUT2D eigenvalue weighted by Gasteiger charge is -2.42. The minimum atomic E-state index is -0.799. The number of aliphatic hydroxyl groups is 1. The number of piperazine rings is 1. The summed E-state index contributed by atoms with van der Waals surface area (Å²) in [6.45, 7) is 7.97. The molecule has 7 heteroatoms. The van der Waals surface area contributed by atoms with Crippen LogP contribution in [0.15, 0.2) is 30.3 Å². The van der Waals surface area contributed by atoms with Gasteiger partial charge in [0.2, 0.25) is 0 Å². The van der Waals surface area contributed by atoms with Gasteiger partial charge in [-0.2, -0.15) is 0 Å². The molecule has 1 fully saturated rings. The molecule has 0 spiro atoms. The molecule has 144 valence electrons. The Kier molecular flexibility index (Phi) is 6.47. The highest BCUT2D eigenvalue weighted by atomic mass is 16.6. The molecule has 1 aromatic carbocycles. The summed E-state index contributed by atoms with van der Waals surface area (Å²) >= 11 is 0. The first-order valence-corrected chi connectivity index (χ1v) is 8.80. The number of rotatable bonds is 3. The third kappa shape index (κ3) is 5.62. The minimum Gasteiger partial charge on any atom is -0.445 e. The SMILES string of the molecule is CC(O)[C@H]1CN(C(=O)OCc2ccccc2)CCN1C(=O)OC(C)(C)C. The summed E-state index contributed by atoms with van der Waals surface area (Å²) in [4.78, 5) is 27.7. The Morgan fingerprint density at radius 3 is 2.42 bits per heavy atom. The van der Waals surface area contributed by atoms with Gasteiger partial charge in [-0.1, -0.05) is 30.3 Å². The fourth-order valence-electron chi connectivity index (χ4n) is 2.75. The van der Waals surface area contributed by atoms with Crippen molar-refractivity contribution in [2.45, 2.75) is 52.0 Å². The van der Waals surface area contributed by atoms with Gasteiger partial charge in [0.1, 0.15) is 12.2 Å². The maximum absolute atomic E-state index is 12.4. The molecule has 1 aromatic rings. The molecule has 1 aliphatic heterocycles. The average Bonchev–Trinajstić information content (AvgIpc) is 2.58. The van der Waals surface area contributed by atoms with E-state index in [1.807, 2.05) is 30.3 Å². The van der Waals surface area contributed by atoms with E-state index in [2.05, 4.69) is 0 Å². The van der Waals surface area contributed by atoms with Crippen LogP contribution in [0.2, 0.25) is 0 Å². The summed E-state index contributed by atoms with van der Waals surface area (Å²) < 4.78 is 10.7. The lowest BCUT2D eigenvalue weighted by Crippen LogP contribution is -2.60. The second-order valence-corrected chi connectivity index (χ2v) is 7.47. The van der Waals surface area contributed by atoms with Gasteiger partial charge < -0.3 is 19.5 Å². The van der Waals surface area contributed by atoms with Crippen LogP contribution in [-0.4, -0.2) is 64.5 Å². The second-order valence-electron chi connectivity index (χ2n) is 7.47. The van der Waals surface area contributed by atoms with Gasteiger partial charge in [-0.05, 0) is 33.3 Å². The number of ether oxygens (including phenoxy) is 2. The first kappa shape index (κ1) is 20.0. The molecule has 0 aliphatic carbocycles. The Bertz CT molecular complexity index is 612. The highest BCUT2D eigenvalue weighted by Crippen LogP contribution is 2.19. The molecule has 7 nitrogen and oxygen atoms in total. The van der Waals surface area contributed by atoms with Gasteiger partial charge in [-0.15, -0.1) is 0 Å². The number of carbonyl (C=O) groups is 2. The average molecular weight is 364 g/mol. The lowest BCUT2D eigenvalue weighted by molar-refractivity contribution is -0.0282. The molecule has 0 radical (unpaired) electrons. The van der Waals surface area contributed by atoms with Crippen LogP contribution in [-0.2, 0) is 16.1 Å². The van der Waals surface area contributed by atoms with Crippen LogP contribution in [0.25, 0.3) is 0 Å². The van der Waals surface area contributed by atoms with Crippen LogP contribution in [0.4, 0.5) is 9.59 Å². The van der Waals surface area contributed by atoms with E-state index in [4.69, 9.17) is 9.47 Å². The molecule has 1 N–H and O–H groups in total. The summed E-state index contributed by atoms with van der Waals surface area (Å²) in [5, 5.41) is 10.1. The van der Waals surface area contributed by atoms with Gasteiger partial charge in [0.15, 0.2) is 0 Å². The molecule has 2 rings (SSSR count). The fourth-order valence-corrected chi connectivity index (χ4v) is 2.75. The molecule has 1 aliphatic rings. The second kappa shape index (κ2) is 8.40. The Morgan fingerprint density at radius 1 is 1.19 bits per heavy atom. The smallest absolute Gasteiger partial charge is 0.410 e. The maximum Gasteiger partial charge on any atom is 0.410 e. The van der Waals surface area contributed by atoms with E-state index >= 15 is 0 Å². The summed E-state index contributed by atoms with van der Waals surface area (Å²) in [7, 11) is 0. The Hall–Kier alpha value is -2.28. The Morgan fingerprint density at radius 2 is 1.85 bits per heavy atom. The molecule has 0 bridgehead atoms. The quantitative estimate of drug-likeness (QED) is 0.892. The molecule has 1 unspecified atom stereocenters. The van der Waals surface area contributed by atoms with Crippen molar-refractivity contribution in [1.29, 1.82) is 0 Å². The van der Waals surface area contributed by atoms with Crippen molar-refractivity contribution in [3.8, 4) is 0 Å². The van der Waals surface area contributed by atoms with Crippen molar-refractivity contribution in [2.75, 3.05) is 19.6 Å². The van der Waals surface area contributed by atoms with Crippen molar-refractivity contribution in [1.82, 2.24) is 9.80 Å². The van der Waals surface area contributed by atoms with Crippen LogP contribution in [0.1, 0.15) is 33.3 Å². The van der Waals surface area contributed by atoms with E-state index in [9.17, 15) is 14.7 Å². The summed E-state index contributed by atoms with van der Waals surface area (Å²) in [5.74, 6) is 0. The maximum atomic E-state index is 12.4. The number of aliphatic hydroxyl groups excluding tert-OH is 1. The largest absolute Gasteiger partial charge is 0.445 e. The monoisotopic (exact) mass is 364 g/mol. The zero-order valence-corrected chi connectivity index (χ0v) is 15.8. The van der Waals surface area contributed by atoms with Gasteiger partial charge in [0.05, 0.1) is 12.1 Å². The summed E-state index contributed by atoms with van der Waals surface area (Å²) in [6, 6.07) is 8.88. The van der Waals surface area contributed by atoms with E-state index < -0.39 is 29.9 Å². The fraction of sp³-hybridized carbons (Fsp3) is 0.579. The highest BCUT2D eigenvalue weighted by Gasteiger charge is 2.37. The standard InChI is InChI=1S/C19H28N2O5/c1-14(22)16-12-20(10-11-21(16)18(24)26-19(2,3)4)17(23)25-13-15-8-6-5-7-9-15/h5-9,14,16,22H,10-13H2,1-4H3/t14?,16-/m1/s1. The Balaban J connectivity index is 1.95. The van der Waals surface area contributed by atoms with E-state index in [-0.39, 0.29) is 19.7 Å². The van der Waals surface area contributed by atoms with Gasteiger partial charge in [0, 0.05) is 19.6 Å². The number of nitrogens with zero attached hydrogens (tertiary/aromatic N) is 2. The molecule has 2 atom stereocenters. The highest BCUT2D eigenvalue weighted by molar-refractivity contribution is 5.71. The first-order valence-electron chi connectivity index (χ1n) is 8.80. The van der Waals surface area contributed by atoms with Crippen molar-refractivity contribution >= 4 is 12.2 Å². The predicted octanol–water partition coefficient (Wildman–Crippen LogP) is 2.63. The molecular formula is C19H28N2O5. The zero-order chi connectivity index (χ0) is 19.3. The molecule has 1 saturated heterocycles. The zero-order valence-electron chi connectivity index (χ0n) is 15.8. The number of benzene rings is 1. The number of carbonyl (C=O) groups excluding carboxylic acids is 2. The molecular weight excluding hydrogens is 336 g/mol. The van der Waals surface area contributed by atoms with Gasteiger partial charge >= 0.3 is 12.2 Å². The van der Waals surface area contributed by atoms with Crippen molar-refractivity contribution < 1.29 is 24.2 Å². The topological polar surface area (TPSA) is 79.3 Å². The van der Waals surface area contributed by atoms with Crippen molar-refractivity contribution in [3.05, 3.63) is 35.9 Å². The number of hydrogen-bond donors (Lipinski definition) is 1.